The molecule has 0 radical (unpaired) electrons. The van der Waals surface area contributed by atoms with Gasteiger partial charge in [-0.1, -0.05) is 6.07 Å². The largest absolute Gasteiger partial charge is 0.496 e. The zero-order valence-electron chi connectivity index (χ0n) is 11.6. The van der Waals surface area contributed by atoms with E-state index in [9.17, 15) is 5.11 Å². The van der Waals surface area contributed by atoms with E-state index in [0.29, 0.717) is 5.82 Å². The first-order chi connectivity index (χ1) is 9.02. The fraction of sp³-hybridized carbons (Fsp3) is 0.333. The first kappa shape index (κ1) is 13.5. The molecule has 0 spiro atoms. The topological polar surface area (TPSA) is 55.2 Å². The summed E-state index contributed by atoms with van der Waals surface area (Å²) < 4.78 is 5.37. The predicted octanol–water partition coefficient (Wildman–Crippen LogP) is 2.82. The summed E-state index contributed by atoms with van der Waals surface area (Å²) >= 11 is 0. The maximum Gasteiger partial charge on any atom is 0.163 e. The van der Waals surface area contributed by atoms with Gasteiger partial charge in [0.2, 0.25) is 0 Å². The highest BCUT2D eigenvalue weighted by Gasteiger charge is 2.12. The maximum atomic E-state index is 9.60. The number of benzene rings is 1. The molecule has 1 atom stereocenters. The Morgan fingerprint density at radius 1 is 1.26 bits per heavy atom. The van der Waals surface area contributed by atoms with Crippen LogP contribution in [0.25, 0.3) is 11.4 Å². The van der Waals surface area contributed by atoms with Crippen molar-refractivity contribution in [2.75, 3.05) is 7.11 Å². The van der Waals surface area contributed by atoms with Gasteiger partial charge < -0.3 is 9.84 Å². The average molecular weight is 258 g/mol. The van der Waals surface area contributed by atoms with Crippen LogP contribution in [0.5, 0.6) is 5.75 Å². The van der Waals surface area contributed by atoms with Gasteiger partial charge in [0.1, 0.15) is 5.75 Å². The molecular formula is C15H18N2O2. The highest BCUT2D eigenvalue weighted by molar-refractivity contribution is 5.65. The Bertz CT molecular complexity index is 595. The van der Waals surface area contributed by atoms with Gasteiger partial charge in [-0.3, -0.25) is 0 Å². The Labute approximate surface area is 113 Å². The van der Waals surface area contributed by atoms with E-state index in [1.54, 1.807) is 20.2 Å². The highest BCUT2D eigenvalue weighted by Crippen LogP contribution is 2.29. The molecular weight excluding hydrogens is 240 g/mol. The second-order valence-electron chi connectivity index (χ2n) is 4.61. The molecule has 1 heterocycles. The maximum absolute atomic E-state index is 9.60. The lowest BCUT2D eigenvalue weighted by Gasteiger charge is -2.11. The number of hydrogen-bond acceptors (Lipinski definition) is 4. The number of methoxy groups -OCH3 is 1. The van der Waals surface area contributed by atoms with Crippen molar-refractivity contribution in [2.45, 2.75) is 26.9 Å². The number of aliphatic hydroxyl groups is 1. The molecule has 0 bridgehead atoms. The summed E-state index contributed by atoms with van der Waals surface area (Å²) in [6.07, 6.45) is 1.11. The first-order valence-corrected chi connectivity index (χ1v) is 6.19. The van der Waals surface area contributed by atoms with E-state index in [1.807, 2.05) is 32.0 Å². The molecule has 1 aromatic carbocycles. The minimum Gasteiger partial charge on any atom is -0.496 e. The number of aromatic nitrogens is 2. The molecule has 0 aliphatic carbocycles. The fourth-order valence-electron chi connectivity index (χ4n) is 2.00. The molecule has 1 N–H and O–H groups in total. The SMILES string of the molecule is COc1cc(C)ccc1-c1ncc([C@H](C)O)c(C)n1. The summed E-state index contributed by atoms with van der Waals surface area (Å²) in [5.74, 6) is 1.36. The van der Waals surface area contributed by atoms with E-state index in [1.165, 1.54) is 0 Å². The quantitative estimate of drug-likeness (QED) is 0.919. The van der Waals surface area contributed by atoms with E-state index < -0.39 is 6.10 Å². The van der Waals surface area contributed by atoms with E-state index >= 15 is 0 Å². The van der Waals surface area contributed by atoms with Gasteiger partial charge in [0.05, 0.1) is 18.8 Å². The normalized spacial score (nSPS) is 12.3. The smallest absolute Gasteiger partial charge is 0.163 e. The van der Waals surface area contributed by atoms with Crippen LogP contribution in [0.1, 0.15) is 29.8 Å². The van der Waals surface area contributed by atoms with Crippen LogP contribution in [-0.2, 0) is 0 Å². The Kier molecular flexibility index (Phi) is 3.81. The molecule has 0 fully saturated rings. The number of ether oxygens (including phenoxy) is 1. The summed E-state index contributed by atoms with van der Waals surface area (Å²) in [7, 11) is 1.63. The molecule has 0 aliphatic heterocycles. The third-order valence-corrected chi connectivity index (χ3v) is 3.07. The zero-order chi connectivity index (χ0) is 14.0. The minimum absolute atomic E-state index is 0.561. The third kappa shape index (κ3) is 2.74. The first-order valence-electron chi connectivity index (χ1n) is 6.19. The van der Waals surface area contributed by atoms with Crippen molar-refractivity contribution >= 4 is 0 Å². The summed E-state index contributed by atoms with van der Waals surface area (Å²) in [4.78, 5) is 8.77. The highest BCUT2D eigenvalue weighted by atomic mass is 16.5. The standard InChI is InChI=1S/C15H18N2O2/c1-9-5-6-12(14(7-9)19-4)15-16-8-13(11(3)18)10(2)17-15/h5-8,11,18H,1-4H3/t11-/m0/s1. The molecule has 0 saturated carbocycles. The number of rotatable bonds is 3. The minimum atomic E-state index is -0.561. The van der Waals surface area contributed by atoms with Crippen LogP contribution < -0.4 is 4.74 Å². The molecule has 19 heavy (non-hydrogen) atoms. The fourth-order valence-corrected chi connectivity index (χ4v) is 2.00. The molecule has 0 saturated heterocycles. The Morgan fingerprint density at radius 3 is 2.58 bits per heavy atom. The molecule has 4 nitrogen and oxygen atoms in total. The van der Waals surface area contributed by atoms with Gasteiger partial charge >= 0.3 is 0 Å². The monoisotopic (exact) mass is 258 g/mol. The van der Waals surface area contributed by atoms with Gasteiger partial charge in [-0.25, -0.2) is 9.97 Å². The van der Waals surface area contributed by atoms with Crippen molar-refractivity contribution in [1.82, 2.24) is 9.97 Å². The summed E-state index contributed by atoms with van der Waals surface area (Å²) in [6.45, 7) is 5.58. The van der Waals surface area contributed by atoms with E-state index in [0.717, 1.165) is 28.1 Å². The molecule has 1 aromatic heterocycles. The van der Waals surface area contributed by atoms with Gasteiger partial charge in [0.25, 0.3) is 0 Å². The Morgan fingerprint density at radius 2 is 2.00 bits per heavy atom. The number of nitrogens with zero attached hydrogens (tertiary/aromatic N) is 2. The lowest BCUT2D eigenvalue weighted by Crippen LogP contribution is -2.02. The third-order valence-electron chi connectivity index (χ3n) is 3.07. The lowest BCUT2D eigenvalue weighted by molar-refractivity contribution is 0.197. The zero-order valence-corrected chi connectivity index (χ0v) is 11.6. The van der Waals surface area contributed by atoms with Crippen LogP contribution in [0.2, 0.25) is 0 Å². The van der Waals surface area contributed by atoms with Crippen LogP contribution in [0.3, 0.4) is 0 Å². The molecule has 0 unspecified atom stereocenters. The van der Waals surface area contributed by atoms with Gasteiger partial charge in [0, 0.05) is 17.5 Å². The number of aliphatic hydroxyl groups excluding tert-OH is 1. The van der Waals surface area contributed by atoms with Crippen LogP contribution in [0.4, 0.5) is 0 Å². The lowest BCUT2D eigenvalue weighted by atomic mass is 10.1. The van der Waals surface area contributed by atoms with Crippen molar-refractivity contribution in [3.8, 4) is 17.1 Å². The molecule has 4 heteroatoms. The van der Waals surface area contributed by atoms with Gasteiger partial charge in [-0.2, -0.15) is 0 Å². The van der Waals surface area contributed by atoms with E-state index in [-0.39, 0.29) is 0 Å². The Balaban J connectivity index is 2.51. The molecule has 0 aliphatic rings. The van der Waals surface area contributed by atoms with Crippen LogP contribution in [-0.4, -0.2) is 22.2 Å². The second kappa shape index (κ2) is 5.36. The predicted molar refractivity (Wildman–Crippen MR) is 74.1 cm³/mol. The summed E-state index contributed by atoms with van der Waals surface area (Å²) in [5.41, 5.74) is 3.50. The van der Waals surface area contributed by atoms with Gasteiger partial charge in [-0.15, -0.1) is 0 Å². The molecule has 0 amide bonds. The molecule has 100 valence electrons. The van der Waals surface area contributed by atoms with Gasteiger partial charge in [-0.05, 0) is 38.5 Å². The number of aryl methyl sites for hydroxylation is 2. The Hall–Kier alpha value is -1.94. The average Bonchev–Trinajstić information content (AvgIpc) is 2.37. The van der Waals surface area contributed by atoms with E-state index in [4.69, 9.17) is 4.74 Å². The van der Waals surface area contributed by atoms with Crippen molar-refractivity contribution in [3.63, 3.8) is 0 Å². The van der Waals surface area contributed by atoms with Crippen molar-refractivity contribution in [3.05, 3.63) is 41.2 Å². The second-order valence-corrected chi connectivity index (χ2v) is 4.61. The van der Waals surface area contributed by atoms with Crippen LogP contribution in [0.15, 0.2) is 24.4 Å². The molecule has 2 aromatic rings. The van der Waals surface area contributed by atoms with Crippen molar-refractivity contribution in [1.29, 1.82) is 0 Å². The number of hydrogen-bond donors (Lipinski definition) is 1. The molecule has 2 rings (SSSR count). The summed E-state index contributed by atoms with van der Waals surface area (Å²) in [6, 6.07) is 5.90. The van der Waals surface area contributed by atoms with Crippen LogP contribution in [0, 0.1) is 13.8 Å². The summed E-state index contributed by atoms with van der Waals surface area (Å²) in [5, 5.41) is 9.60. The van der Waals surface area contributed by atoms with Crippen LogP contribution >= 0.6 is 0 Å². The van der Waals surface area contributed by atoms with E-state index in [2.05, 4.69) is 9.97 Å². The van der Waals surface area contributed by atoms with Gasteiger partial charge in [0.15, 0.2) is 5.82 Å². The van der Waals surface area contributed by atoms with Crippen molar-refractivity contribution < 1.29 is 9.84 Å². The van der Waals surface area contributed by atoms with Crippen molar-refractivity contribution in [2.24, 2.45) is 0 Å².